The van der Waals surface area contributed by atoms with Gasteiger partial charge in [-0.2, -0.15) is 13.2 Å². The van der Waals surface area contributed by atoms with Crippen LogP contribution >= 0.6 is 0 Å². The summed E-state index contributed by atoms with van der Waals surface area (Å²) in [5.74, 6) is -3.86. The second-order valence-corrected chi connectivity index (χ2v) is 21.0. The molecule has 3 aromatic rings. The Bertz CT molecular complexity index is 1900. The number of Topliss-reactive ketones (excluding diaryl/α,β-unsaturated/α-hetero) is 2. The molecule has 1 fully saturated rings. The summed E-state index contributed by atoms with van der Waals surface area (Å²) in [7, 11) is -2.25. The van der Waals surface area contributed by atoms with Gasteiger partial charge in [-0.1, -0.05) is 139 Å². The van der Waals surface area contributed by atoms with Crippen molar-refractivity contribution in [2.24, 2.45) is 11.8 Å². The summed E-state index contributed by atoms with van der Waals surface area (Å²) in [5, 5.41) is 1.78. The lowest BCUT2D eigenvalue weighted by atomic mass is 9.85. The maximum absolute atomic E-state index is 15.0. The number of epoxide rings is 1. The monoisotopic (exact) mass is 804 g/mol. The molecule has 1 saturated heterocycles. The topological polar surface area (TPSA) is 91.4 Å². The zero-order chi connectivity index (χ0) is 41.8. The van der Waals surface area contributed by atoms with Crippen molar-refractivity contribution in [3.05, 3.63) is 120 Å². The molecular formula is C46H55F3O7Si. The van der Waals surface area contributed by atoms with Gasteiger partial charge in [0.1, 0.15) is 6.10 Å². The number of rotatable bonds is 10. The lowest BCUT2D eigenvalue weighted by Crippen LogP contribution is -2.66. The number of halogens is 3. The third-order valence-corrected chi connectivity index (χ3v) is 16.4. The molecule has 3 aromatic carbocycles. The molecule has 0 N–H and O–H groups in total. The first kappa shape index (κ1) is 43.9. The molecule has 0 amide bonds. The van der Waals surface area contributed by atoms with E-state index < -0.39 is 61.1 Å². The van der Waals surface area contributed by atoms with Crippen LogP contribution in [0.15, 0.2) is 114 Å². The van der Waals surface area contributed by atoms with Crippen LogP contribution in [0.25, 0.3) is 0 Å². The summed E-state index contributed by atoms with van der Waals surface area (Å²) in [6.45, 7) is 13.6. The van der Waals surface area contributed by atoms with Gasteiger partial charge in [0.05, 0.1) is 12.2 Å². The number of hydrogen-bond acceptors (Lipinski definition) is 7. The predicted molar refractivity (Wildman–Crippen MR) is 217 cm³/mol. The Morgan fingerprint density at radius 3 is 1.95 bits per heavy atom. The fraction of sp³-hybridized carbons (Fsp3) is 0.457. The van der Waals surface area contributed by atoms with E-state index in [-0.39, 0.29) is 41.8 Å². The van der Waals surface area contributed by atoms with Crippen LogP contribution in [0.1, 0.15) is 79.7 Å². The van der Waals surface area contributed by atoms with Crippen LogP contribution in [-0.4, -0.2) is 63.6 Å². The molecular weight excluding hydrogens is 750 g/mol. The normalized spacial score (nSPS) is 25.6. The van der Waals surface area contributed by atoms with Crippen molar-refractivity contribution in [3.63, 3.8) is 0 Å². The van der Waals surface area contributed by atoms with Crippen molar-refractivity contribution in [1.82, 2.24) is 0 Å². The van der Waals surface area contributed by atoms with E-state index in [9.17, 15) is 27.6 Å². The number of ketones is 2. The number of ether oxygens (including phenoxy) is 3. The maximum Gasteiger partial charge on any atom is 0.432 e. The van der Waals surface area contributed by atoms with Crippen molar-refractivity contribution >= 4 is 36.2 Å². The van der Waals surface area contributed by atoms with Gasteiger partial charge in [-0.25, -0.2) is 4.79 Å². The highest BCUT2D eigenvalue weighted by molar-refractivity contribution is 6.99. The van der Waals surface area contributed by atoms with Gasteiger partial charge >= 0.3 is 12.1 Å². The van der Waals surface area contributed by atoms with Crippen LogP contribution in [0.2, 0.25) is 5.04 Å². The van der Waals surface area contributed by atoms with E-state index in [2.05, 4.69) is 45.0 Å². The standard InChI is InChI=1S/C46H55F3O7Si/c1-31(2)37-29-39-44(7,56-39)28-18-19-33(30-54-57(43(4,5)6,35-22-14-10-15-23-35)36-24-16-11-17-25-36)38(50)27-26-32(3)41(40(37)51)55-42(52)45(53-8,46(47,48)49)34-20-12-9-13-21-34/h9-17,19-25,29,31-32,39,41H,18,26-28,30H2,1-8H3/b33-19-,37-29+/t32-,39+,41?,44-,45+/m1/s1. The molecule has 7 nitrogen and oxygen atoms in total. The second-order valence-electron chi connectivity index (χ2n) is 16.7. The molecule has 0 saturated carbocycles. The van der Waals surface area contributed by atoms with Crippen LogP contribution in [0.5, 0.6) is 0 Å². The van der Waals surface area contributed by atoms with Crippen molar-refractivity contribution in [3.8, 4) is 0 Å². The Morgan fingerprint density at radius 1 is 0.912 bits per heavy atom. The molecule has 57 heavy (non-hydrogen) atoms. The molecule has 11 heteroatoms. The molecule has 1 aliphatic heterocycles. The van der Waals surface area contributed by atoms with Gasteiger partial charge < -0.3 is 18.6 Å². The minimum Gasteiger partial charge on any atom is -0.451 e. The molecule has 1 heterocycles. The Hall–Kier alpha value is -4.16. The van der Waals surface area contributed by atoms with Gasteiger partial charge in [0.25, 0.3) is 13.9 Å². The van der Waals surface area contributed by atoms with E-state index in [1.54, 1.807) is 26.8 Å². The molecule has 0 aromatic heterocycles. The molecule has 5 atom stereocenters. The minimum absolute atomic E-state index is 0.0231. The number of benzene rings is 3. The van der Waals surface area contributed by atoms with E-state index in [1.807, 2.05) is 49.4 Å². The van der Waals surface area contributed by atoms with Crippen LogP contribution in [0, 0.1) is 11.8 Å². The molecule has 0 spiro atoms. The first-order valence-corrected chi connectivity index (χ1v) is 21.5. The predicted octanol–water partition coefficient (Wildman–Crippen LogP) is 8.59. The molecule has 2 aliphatic rings. The number of fused-ring (bicyclic) bond motifs is 1. The lowest BCUT2D eigenvalue weighted by Gasteiger charge is -2.43. The van der Waals surface area contributed by atoms with Gasteiger partial charge in [-0.15, -0.1) is 0 Å². The third kappa shape index (κ3) is 8.97. The van der Waals surface area contributed by atoms with Crippen LogP contribution in [0.4, 0.5) is 13.2 Å². The first-order chi connectivity index (χ1) is 26.8. The quantitative estimate of drug-likeness (QED) is 0.115. The highest BCUT2D eigenvalue weighted by Crippen LogP contribution is 2.45. The van der Waals surface area contributed by atoms with Gasteiger partial charge in [0, 0.05) is 36.2 Å². The van der Waals surface area contributed by atoms with Crippen molar-refractivity contribution in [2.75, 3.05) is 13.7 Å². The minimum atomic E-state index is -5.24. The maximum atomic E-state index is 15.0. The van der Waals surface area contributed by atoms with Crippen LogP contribution < -0.4 is 10.4 Å². The van der Waals surface area contributed by atoms with Gasteiger partial charge in [-0.05, 0) is 53.6 Å². The molecule has 0 radical (unpaired) electrons. The molecule has 5 rings (SSSR count). The molecule has 1 unspecified atom stereocenters. The van der Waals surface area contributed by atoms with Crippen molar-refractivity contribution in [1.29, 1.82) is 0 Å². The van der Waals surface area contributed by atoms with E-state index in [1.165, 1.54) is 18.2 Å². The summed E-state index contributed by atoms with van der Waals surface area (Å²) < 4.78 is 68.8. The number of esters is 1. The SMILES string of the molecule is CO[C@](C(=O)OC1C(=O)/C(C(C)C)=C/[C@@H]2O[C@]2(C)CC/C=C(/CO[Si](c2ccccc2)(c2ccccc2)C(C)(C)C)C(=O)CC[C@H]1C)(c1ccccc1)C(F)(F)F. The number of carbonyl (C=O) groups excluding carboxylic acids is 3. The van der Waals surface area contributed by atoms with Crippen LogP contribution in [-0.2, 0) is 38.6 Å². The number of alkyl halides is 3. The Balaban J connectivity index is 1.52. The summed E-state index contributed by atoms with van der Waals surface area (Å²) in [6, 6.07) is 26.7. The van der Waals surface area contributed by atoms with E-state index >= 15 is 0 Å². The van der Waals surface area contributed by atoms with E-state index in [0.29, 0.717) is 18.4 Å². The summed E-state index contributed by atoms with van der Waals surface area (Å²) in [4.78, 5) is 42.7. The fourth-order valence-corrected chi connectivity index (χ4v) is 12.5. The first-order valence-electron chi connectivity index (χ1n) is 19.6. The van der Waals surface area contributed by atoms with Gasteiger partial charge in [0.2, 0.25) is 0 Å². The molecule has 306 valence electrons. The van der Waals surface area contributed by atoms with Gasteiger partial charge in [-0.3, -0.25) is 9.59 Å². The zero-order valence-corrected chi connectivity index (χ0v) is 35.2. The summed E-state index contributed by atoms with van der Waals surface area (Å²) >= 11 is 0. The summed E-state index contributed by atoms with van der Waals surface area (Å²) in [5.41, 5.74) is -3.90. The molecule has 1 aliphatic carbocycles. The van der Waals surface area contributed by atoms with Crippen molar-refractivity contribution in [2.45, 2.75) is 109 Å². The Kier molecular flexibility index (Phi) is 13.4. The number of hydrogen-bond donors (Lipinski definition) is 0. The van der Waals surface area contributed by atoms with Crippen molar-refractivity contribution < 1.29 is 46.2 Å². The van der Waals surface area contributed by atoms with E-state index in [4.69, 9.17) is 18.6 Å². The average Bonchev–Trinajstić information content (AvgIpc) is 3.82. The number of methoxy groups -OCH3 is 1. The van der Waals surface area contributed by atoms with Gasteiger partial charge in [0.15, 0.2) is 17.7 Å². The lowest BCUT2D eigenvalue weighted by molar-refractivity contribution is -0.278. The van der Waals surface area contributed by atoms with E-state index in [0.717, 1.165) is 29.6 Å². The third-order valence-electron chi connectivity index (χ3n) is 11.4. The second kappa shape index (κ2) is 17.4. The fourth-order valence-electron chi connectivity index (χ4n) is 7.97. The highest BCUT2D eigenvalue weighted by atomic mass is 28.4. The number of allylic oxidation sites excluding steroid dienone is 1. The Labute approximate surface area is 335 Å². The molecule has 0 bridgehead atoms. The smallest absolute Gasteiger partial charge is 0.432 e. The van der Waals surface area contributed by atoms with Crippen LogP contribution in [0.3, 0.4) is 0 Å². The highest BCUT2D eigenvalue weighted by Gasteiger charge is 2.65. The summed E-state index contributed by atoms with van der Waals surface area (Å²) in [6.07, 6.45) is -2.72. The average molecular weight is 805 g/mol. The number of carbonyl (C=O) groups is 3. The largest absolute Gasteiger partial charge is 0.451 e. The zero-order valence-electron chi connectivity index (χ0n) is 34.2. The Morgan fingerprint density at radius 2 is 1.46 bits per heavy atom.